The zero-order valence-electron chi connectivity index (χ0n) is 9.61. The lowest BCUT2D eigenvalue weighted by Crippen LogP contribution is -1.98. The molecule has 17 heavy (non-hydrogen) atoms. The third-order valence-electron chi connectivity index (χ3n) is 2.56. The molecule has 1 aromatic heterocycles. The Bertz CT molecular complexity index is 519. The predicted molar refractivity (Wildman–Crippen MR) is 65.5 cm³/mol. The summed E-state index contributed by atoms with van der Waals surface area (Å²) in [5, 5.41) is 10.7. The van der Waals surface area contributed by atoms with Crippen molar-refractivity contribution in [2.75, 3.05) is 7.11 Å². The summed E-state index contributed by atoms with van der Waals surface area (Å²) in [5.41, 5.74) is 1.43. The van der Waals surface area contributed by atoms with Crippen LogP contribution in [0.2, 0.25) is 5.02 Å². The minimum Gasteiger partial charge on any atom is -0.495 e. The highest BCUT2D eigenvalue weighted by Crippen LogP contribution is 2.30. The minimum absolute atomic E-state index is 0.520. The van der Waals surface area contributed by atoms with Gasteiger partial charge in [-0.15, -0.1) is 0 Å². The Morgan fingerprint density at radius 3 is 2.65 bits per heavy atom. The number of hydrogen-bond acceptors (Lipinski definition) is 3. The van der Waals surface area contributed by atoms with Crippen LogP contribution in [0.4, 0.5) is 0 Å². The normalized spacial score (nSPS) is 12.5. The van der Waals surface area contributed by atoms with E-state index in [9.17, 15) is 5.11 Å². The number of aliphatic hydroxyl groups excluding tert-OH is 1. The van der Waals surface area contributed by atoms with Crippen LogP contribution in [0.5, 0.6) is 5.75 Å². The third-order valence-corrected chi connectivity index (χ3v) is 2.87. The largest absolute Gasteiger partial charge is 0.495 e. The van der Waals surface area contributed by atoms with Gasteiger partial charge in [0.1, 0.15) is 17.6 Å². The molecule has 1 heterocycles. The van der Waals surface area contributed by atoms with E-state index in [1.54, 1.807) is 37.6 Å². The maximum absolute atomic E-state index is 10.2. The van der Waals surface area contributed by atoms with Crippen LogP contribution in [0.1, 0.15) is 23.0 Å². The molecule has 1 N–H and O–H groups in total. The van der Waals surface area contributed by atoms with Crippen molar-refractivity contribution in [2.45, 2.75) is 13.0 Å². The van der Waals surface area contributed by atoms with Gasteiger partial charge in [-0.2, -0.15) is 0 Å². The molecule has 2 rings (SSSR count). The lowest BCUT2D eigenvalue weighted by atomic mass is 10.0. The van der Waals surface area contributed by atoms with Crippen molar-refractivity contribution in [2.24, 2.45) is 0 Å². The molecule has 0 spiro atoms. The second-order valence-corrected chi connectivity index (χ2v) is 4.19. The molecular weight excluding hydrogens is 240 g/mol. The maximum atomic E-state index is 10.2. The summed E-state index contributed by atoms with van der Waals surface area (Å²) in [6.07, 6.45) is 0.805. The number of rotatable bonds is 3. The van der Waals surface area contributed by atoms with E-state index in [1.807, 2.05) is 6.92 Å². The Hall–Kier alpha value is -1.45. The number of benzene rings is 1. The van der Waals surface area contributed by atoms with Crippen molar-refractivity contribution >= 4 is 11.6 Å². The first-order chi connectivity index (χ1) is 8.11. The zero-order valence-corrected chi connectivity index (χ0v) is 10.4. The second kappa shape index (κ2) is 4.82. The molecule has 0 radical (unpaired) electrons. The quantitative estimate of drug-likeness (QED) is 0.911. The number of aryl methyl sites for hydroxylation is 1. The molecular formula is C13H13ClO3. The fraction of sp³-hybridized carbons (Fsp3) is 0.231. The molecule has 0 amide bonds. The first kappa shape index (κ1) is 12.0. The zero-order chi connectivity index (χ0) is 12.4. The van der Waals surface area contributed by atoms with Crippen molar-refractivity contribution in [3.63, 3.8) is 0 Å². The van der Waals surface area contributed by atoms with Crippen LogP contribution >= 0.6 is 11.6 Å². The van der Waals surface area contributed by atoms with Gasteiger partial charge in [0.2, 0.25) is 0 Å². The summed E-state index contributed by atoms with van der Waals surface area (Å²) in [4.78, 5) is 0. The highest BCUT2D eigenvalue weighted by molar-refractivity contribution is 6.32. The molecule has 90 valence electrons. The van der Waals surface area contributed by atoms with E-state index in [-0.39, 0.29) is 0 Å². The molecule has 0 saturated heterocycles. The van der Waals surface area contributed by atoms with Gasteiger partial charge in [0.25, 0.3) is 0 Å². The van der Waals surface area contributed by atoms with Gasteiger partial charge in [0.15, 0.2) is 0 Å². The number of halogens is 1. The fourth-order valence-electron chi connectivity index (χ4n) is 1.65. The van der Waals surface area contributed by atoms with E-state index in [0.29, 0.717) is 21.9 Å². The summed E-state index contributed by atoms with van der Waals surface area (Å²) < 4.78 is 10.3. The van der Waals surface area contributed by atoms with Gasteiger partial charge in [-0.25, -0.2) is 0 Å². The monoisotopic (exact) mass is 252 g/mol. The Morgan fingerprint density at radius 1 is 1.29 bits per heavy atom. The summed E-state index contributed by atoms with van der Waals surface area (Å²) >= 11 is 5.93. The minimum atomic E-state index is -0.737. The first-order valence-corrected chi connectivity index (χ1v) is 5.56. The van der Waals surface area contributed by atoms with Crippen LogP contribution < -0.4 is 4.74 Å². The second-order valence-electron chi connectivity index (χ2n) is 3.79. The Balaban J connectivity index is 2.34. The van der Waals surface area contributed by atoms with Crippen LogP contribution in [-0.2, 0) is 0 Å². The van der Waals surface area contributed by atoms with Crippen molar-refractivity contribution in [3.05, 3.63) is 52.4 Å². The number of methoxy groups -OCH3 is 1. The van der Waals surface area contributed by atoms with Crippen molar-refractivity contribution in [1.82, 2.24) is 0 Å². The third kappa shape index (κ3) is 2.46. The van der Waals surface area contributed by atoms with Crippen molar-refractivity contribution in [3.8, 4) is 5.75 Å². The summed E-state index contributed by atoms with van der Waals surface area (Å²) in [6.45, 7) is 1.83. The average molecular weight is 253 g/mol. The van der Waals surface area contributed by atoms with Gasteiger partial charge in [0.05, 0.1) is 18.4 Å². The highest BCUT2D eigenvalue weighted by Gasteiger charge is 2.14. The van der Waals surface area contributed by atoms with Crippen LogP contribution in [0.15, 0.2) is 34.9 Å². The molecule has 0 bridgehead atoms. The Kier molecular flexibility index (Phi) is 3.41. The maximum Gasteiger partial charge on any atom is 0.137 e. The van der Waals surface area contributed by atoms with Crippen LogP contribution in [0, 0.1) is 6.92 Å². The van der Waals surface area contributed by atoms with Crippen molar-refractivity contribution in [1.29, 1.82) is 0 Å². The summed E-state index contributed by atoms with van der Waals surface area (Å²) in [7, 11) is 1.54. The van der Waals surface area contributed by atoms with Gasteiger partial charge < -0.3 is 14.3 Å². The standard InChI is InChI=1S/C13H13ClO3/c1-8-5-10(7-17-8)13(15)9-3-4-11(14)12(6-9)16-2/h3-7,13,15H,1-2H3. The molecule has 0 aliphatic heterocycles. The van der Waals surface area contributed by atoms with Gasteiger partial charge >= 0.3 is 0 Å². The Labute approximate surface area is 105 Å². The molecule has 1 atom stereocenters. The molecule has 0 aliphatic rings. The van der Waals surface area contributed by atoms with Gasteiger partial charge in [-0.1, -0.05) is 17.7 Å². The average Bonchev–Trinajstić information content (AvgIpc) is 2.75. The molecule has 3 nitrogen and oxygen atoms in total. The molecule has 1 aromatic carbocycles. The van der Waals surface area contributed by atoms with Gasteiger partial charge in [-0.3, -0.25) is 0 Å². The van der Waals surface area contributed by atoms with E-state index in [0.717, 1.165) is 5.76 Å². The van der Waals surface area contributed by atoms with Crippen molar-refractivity contribution < 1.29 is 14.3 Å². The summed E-state index contributed by atoms with van der Waals surface area (Å²) in [5.74, 6) is 1.31. The fourth-order valence-corrected chi connectivity index (χ4v) is 1.84. The molecule has 2 aromatic rings. The van der Waals surface area contributed by atoms with E-state index in [1.165, 1.54) is 0 Å². The first-order valence-electron chi connectivity index (χ1n) is 5.18. The molecule has 0 fully saturated rings. The number of hydrogen-bond donors (Lipinski definition) is 1. The SMILES string of the molecule is COc1cc(C(O)c2coc(C)c2)ccc1Cl. The van der Waals surface area contributed by atoms with E-state index in [4.69, 9.17) is 20.8 Å². The number of furan rings is 1. The van der Waals surface area contributed by atoms with Crippen LogP contribution in [-0.4, -0.2) is 12.2 Å². The number of aliphatic hydroxyl groups is 1. The lowest BCUT2D eigenvalue weighted by Gasteiger charge is -2.11. The van der Waals surface area contributed by atoms with Crippen LogP contribution in [0.3, 0.4) is 0 Å². The Morgan fingerprint density at radius 2 is 2.06 bits per heavy atom. The van der Waals surface area contributed by atoms with Crippen LogP contribution in [0.25, 0.3) is 0 Å². The van der Waals surface area contributed by atoms with E-state index in [2.05, 4.69) is 0 Å². The number of ether oxygens (including phenoxy) is 1. The predicted octanol–water partition coefficient (Wildman–Crippen LogP) is 3.33. The highest BCUT2D eigenvalue weighted by atomic mass is 35.5. The molecule has 4 heteroatoms. The van der Waals surface area contributed by atoms with E-state index < -0.39 is 6.10 Å². The molecule has 0 aliphatic carbocycles. The molecule has 0 saturated carbocycles. The van der Waals surface area contributed by atoms with Gasteiger partial charge in [-0.05, 0) is 30.7 Å². The topological polar surface area (TPSA) is 42.6 Å². The van der Waals surface area contributed by atoms with Gasteiger partial charge in [0, 0.05) is 5.56 Å². The summed E-state index contributed by atoms with van der Waals surface area (Å²) in [6, 6.07) is 6.98. The molecule has 1 unspecified atom stereocenters. The lowest BCUT2D eigenvalue weighted by molar-refractivity contribution is 0.218. The van der Waals surface area contributed by atoms with E-state index >= 15 is 0 Å². The smallest absolute Gasteiger partial charge is 0.137 e.